The first-order chi connectivity index (χ1) is 47.9. The minimum absolute atomic E-state index is 0. The summed E-state index contributed by atoms with van der Waals surface area (Å²) in [5.74, 6) is -5.03. The molecule has 0 amide bonds. The third-order valence-corrected chi connectivity index (χ3v) is 41.6. The molecule has 0 saturated carbocycles. The van der Waals surface area contributed by atoms with E-state index in [9.17, 15) is 19.2 Å². The van der Waals surface area contributed by atoms with Crippen molar-refractivity contribution in [2.75, 3.05) is 148 Å². The van der Waals surface area contributed by atoms with Crippen molar-refractivity contribution in [2.45, 2.75) is 166 Å². The van der Waals surface area contributed by atoms with Crippen molar-refractivity contribution in [3.8, 4) is 0 Å². The fourth-order valence-electron chi connectivity index (χ4n) is 9.76. The van der Waals surface area contributed by atoms with E-state index in [2.05, 4.69) is 239 Å². The van der Waals surface area contributed by atoms with Crippen LogP contribution in [-0.4, -0.2) is 192 Å². The molecule has 6 rings (SSSR count). The van der Waals surface area contributed by atoms with Crippen LogP contribution < -0.4 is 0 Å². The van der Waals surface area contributed by atoms with Gasteiger partial charge in [0.05, 0.1) is 148 Å². The van der Waals surface area contributed by atoms with Gasteiger partial charge >= 0.3 is 23.9 Å². The first-order valence-corrected chi connectivity index (χ1v) is 55.2. The third-order valence-electron chi connectivity index (χ3n) is 17.6. The van der Waals surface area contributed by atoms with Crippen molar-refractivity contribution in [3.05, 3.63) is 146 Å². The first kappa shape index (κ1) is 125. The van der Waals surface area contributed by atoms with E-state index in [1.807, 2.05) is 48.5 Å². The summed E-state index contributed by atoms with van der Waals surface area (Å²) in [4.78, 5) is 38.2. The molecule has 0 aromatic heterocycles. The number of carboxylic acid groups (broad SMARTS) is 4. The predicted octanol–water partition coefficient (Wildman–Crippen LogP) is 24.7. The Labute approximate surface area is 707 Å². The molecule has 0 radical (unpaired) electrons. The fraction of sp³-hybridized carbons (Fsp3) is 0.571. The van der Waals surface area contributed by atoms with Gasteiger partial charge in [0.25, 0.3) is 0 Å². The van der Waals surface area contributed by atoms with Crippen molar-refractivity contribution in [2.24, 2.45) is 0 Å². The SMILES string of the molecule is CC[PH+](CC)CC.CC[PH+](CC)CC.CC[PH+](CC)CC.CC[PH+](CC)CC.CC[PH+](CC)CC.CC[PH+](CC)CC.CC[PH+](CC)CC.CC[PH+](CC)CC.O=C(O)C=CC(=O)O.O=C(O)C=CC(=O)O.[Pt].[Pt].[Pt].[Pt].[c-]1cccc2cc3ccc[c-]c3cc12.[c-]1cccc2cc3ccc[c-]c3cc12. The van der Waals surface area contributed by atoms with E-state index in [0.29, 0.717) is 24.3 Å². The Bertz CT molecular complexity index is 2300. The van der Waals surface area contributed by atoms with Gasteiger partial charge in [-0.2, -0.15) is 0 Å². The normalized spacial score (nSPS) is 9.92. The predicted molar refractivity (Wildman–Crippen MR) is 487 cm³/mol. The zero-order valence-corrected chi connectivity index (χ0v) is 86.3. The van der Waals surface area contributed by atoms with Crippen LogP contribution in [-0.2, 0) is 103 Å². The minimum Gasteiger partial charge on any atom is -0.478 e. The molecule has 6 aromatic rings. The summed E-state index contributed by atoms with van der Waals surface area (Å²) < 4.78 is 0. The Morgan fingerprint density at radius 1 is 0.240 bits per heavy atom. The molecule has 20 heteroatoms. The van der Waals surface area contributed by atoms with Gasteiger partial charge < -0.3 is 20.4 Å². The average Bonchev–Trinajstić information content (AvgIpc) is 0.820. The van der Waals surface area contributed by atoms with Crippen molar-refractivity contribution in [1.29, 1.82) is 0 Å². The van der Waals surface area contributed by atoms with Gasteiger partial charge in [-0.05, 0) is 230 Å². The Hall–Kier alpha value is -0.0868. The number of aliphatic carboxylic acids is 4. The maximum Gasteiger partial charge on any atom is 0.328 e. The van der Waals surface area contributed by atoms with E-state index < -0.39 is 23.9 Å². The Kier molecular flexibility index (Phi) is 110. The molecule has 0 unspecified atom stereocenters. The molecule has 104 heavy (non-hydrogen) atoms. The second-order valence-electron chi connectivity index (χ2n) is 23.2. The molecule has 0 aliphatic carbocycles. The van der Waals surface area contributed by atoms with Crippen LogP contribution in [0.25, 0.3) is 43.1 Å². The summed E-state index contributed by atoms with van der Waals surface area (Å²) in [6, 6.07) is 45.8. The van der Waals surface area contributed by atoms with E-state index in [-0.39, 0.29) is 148 Å². The van der Waals surface area contributed by atoms with Crippen LogP contribution in [0.3, 0.4) is 0 Å². The number of rotatable bonds is 28. The molecule has 0 aliphatic heterocycles. The summed E-state index contributed by atoms with van der Waals surface area (Å²) in [7, 11) is 1.10. The van der Waals surface area contributed by atoms with Crippen LogP contribution in [0, 0.1) is 24.3 Å². The number of hydrogen-bond acceptors (Lipinski definition) is 4. The van der Waals surface area contributed by atoms with Crippen LogP contribution in [0.15, 0.2) is 121 Å². The monoisotopic (exact) mass is 2320 g/mol. The first-order valence-electron chi connectivity index (χ1n) is 38.3. The molecule has 8 nitrogen and oxygen atoms in total. The van der Waals surface area contributed by atoms with E-state index >= 15 is 0 Å². The summed E-state index contributed by atoms with van der Waals surface area (Å²) in [6.07, 6.45) is 37.2. The molecule has 612 valence electrons. The number of hydrogen-bond donors (Lipinski definition) is 4. The van der Waals surface area contributed by atoms with E-state index in [1.165, 1.54) is 169 Å². The second kappa shape index (κ2) is 91.8. The number of fused-ring (bicyclic) bond motifs is 4. The summed E-state index contributed by atoms with van der Waals surface area (Å²) in [5.41, 5.74) is 0. The standard InChI is InChI=1S/2C14H8.8C6H15P.2C4H4O4.4Pt/c2*1-2-6-12-10-14-8-4-3-7-13(14)9-11(12)5-1;8*1-4-7(5-2)6-3;2*5-3(6)1-2-4(7)8;;;;/h2*1-5,7,9-10H;8*4-6H2,1-3H3;2*1-2H,(H,5,6)(H,7,8);;;;/q2*-2;;;;;;;;;;;;;;/p+8. The molecular weight excluding hydrogens is 2170 g/mol. The molecular formula is C84H152O8P8Pt4+4. The number of benzene rings is 6. The Morgan fingerprint density at radius 3 is 0.442 bits per heavy atom. The van der Waals surface area contributed by atoms with E-state index in [4.69, 9.17) is 20.4 Å². The quantitative estimate of drug-likeness (QED) is 0.0164. The van der Waals surface area contributed by atoms with Crippen LogP contribution >= 0.6 is 63.4 Å². The fourth-order valence-corrected chi connectivity index (χ4v) is 21.8. The van der Waals surface area contributed by atoms with Crippen LogP contribution in [0.4, 0.5) is 0 Å². The van der Waals surface area contributed by atoms with Crippen LogP contribution in [0.5, 0.6) is 0 Å². The van der Waals surface area contributed by atoms with Gasteiger partial charge in [-0.1, -0.05) is 0 Å². The van der Waals surface area contributed by atoms with Gasteiger partial charge in [-0.25, -0.2) is 19.2 Å². The number of carboxylic acids is 4. The molecule has 0 aliphatic rings. The molecule has 4 N–H and O–H groups in total. The smallest absolute Gasteiger partial charge is 0.328 e. The summed E-state index contributed by atoms with van der Waals surface area (Å²) >= 11 is 0. The molecule has 6 aromatic carbocycles. The maximum atomic E-state index is 9.55. The van der Waals surface area contributed by atoms with Crippen molar-refractivity contribution in [1.82, 2.24) is 0 Å². The Morgan fingerprint density at radius 2 is 0.356 bits per heavy atom. The largest absolute Gasteiger partial charge is 0.478 e. The van der Waals surface area contributed by atoms with Gasteiger partial charge in [-0.3, -0.25) is 0 Å². The van der Waals surface area contributed by atoms with Gasteiger partial charge in [0.2, 0.25) is 0 Å². The molecule has 0 saturated heterocycles. The van der Waals surface area contributed by atoms with E-state index in [0.717, 1.165) is 21.5 Å². The Balaban J connectivity index is -0.000000117. The van der Waals surface area contributed by atoms with Crippen LogP contribution in [0.2, 0.25) is 0 Å². The van der Waals surface area contributed by atoms with Gasteiger partial charge in [0.1, 0.15) is 0 Å². The zero-order valence-electron chi connectivity index (χ0n) is 69.2. The molecule has 0 bridgehead atoms. The molecule has 0 fully saturated rings. The van der Waals surface area contributed by atoms with Crippen LogP contribution in [0.1, 0.15) is 166 Å². The van der Waals surface area contributed by atoms with Crippen molar-refractivity contribution < 1.29 is 124 Å². The van der Waals surface area contributed by atoms with Gasteiger partial charge in [0.15, 0.2) is 0 Å². The molecule has 0 spiro atoms. The molecule has 0 heterocycles. The van der Waals surface area contributed by atoms with Gasteiger partial charge in [0, 0.05) is 109 Å². The maximum absolute atomic E-state index is 9.55. The van der Waals surface area contributed by atoms with Crippen molar-refractivity contribution >= 4 is 130 Å². The molecule has 0 atom stereocenters. The third kappa shape index (κ3) is 74.6. The summed E-state index contributed by atoms with van der Waals surface area (Å²) in [6.45, 7) is 55.4. The average molecular weight is 2320 g/mol. The summed E-state index contributed by atoms with van der Waals surface area (Å²) in [5, 5.41) is 40.8. The topological polar surface area (TPSA) is 149 Å². The van der Waals surface area contributed by atoms with Crippen molar-refractivity contribution in [3.63, 3.8) is 0 Å². The number of carbonyl (C=O) groups is 4. The van der Waals surface area contributed by atoms with E-state index in [1.54, 1.807) is 0 Å². The second-order valence-corrected chi connectivity index (χ2v) is 52.2. The zero-order chi connectivity index (χ0) is 77.5. The minimum atomic E-state index is -1.26. The van der Waals surface area contributed by atoms with Gasteiger partial charge in [-0.15, -0.1) is 164 Å².